The molecule has 0 unspecified atom stereocenters. The summed E-state index contributed by atoms with van der Waals surface area (Å²) in [5.74, 6) is -0.490. The average Bonchev–Trinajstić information content (AvgIpc) is 2.62. The highest BCUT2D eigenvalue weighted by atomic mass is 35.5. The van der Waals surface area contributed by atoms with Crippen molar-refractivity contribution < 1.29 is 22.7 Å². The van der Waals surface area contributed by atoms with E-state index in [-0.39, 0.29) is 6.61 Å². The summed E-state index contributed by atoms with van der Waals surface area (Å²) in [6.07, 6.45) is -3.26. The fraction of sp³-hybridized carbons (Fsp3) is 0.182. The van der Waals surface area contributed by atoms with Crippen molar-refractivity contribution in [2.45, 2.75) is 6.18 Å². The summed E-state index contributed by atoms with van der Waals surface area (Å²) in [5.41, 5.74) is -0.0733. The molecule has 1 aromatic carbocycles. The summed E-state index contributed by atoms with van der Waals surface area (Å²) < 4.78 is 42.0. The number of anilines is 1. The molecule has 1 N–H and O–H groups in total. The van der Waals surface area contributed by atoms with Crippen molar-refractivity contribution in [1.82, 2.24) is 0 Å². The molecule has 96 valence electrons. The first-order chi connectivity index (χ1) is 8.36. The van der Waals surface area contributed by atoms with Crippen LogP contribution in [0.15, 0.2) is 30.0 Å². The third-order valence-corrected chi connectivity index (χ3v) is 2.55. The zero-order valence-electron chi connectivity index (χ0n) is 8.84. The zero-order valence-corrected chi connectivity index (χ0v) is 9.60. The van der Waals surface area contributed by atoms with Gasteiger partial charge in [0.15, 0.2) is 0 Å². The predicted octanol–water partition coefficient (Wildman–Crippen LogP) is 3.21. The molecule has 1 aliphatic rings. The van der Waals surface area contributed by atoms with E-state index in [1.54, 1.807) is 0 Å². The first-order valence-corrected chi connectivity index (χ1v) is 5.25. The normalized spacial score (nSPS) is 15.3. The number of ether oxygens (including phenoxy) is 1. The first-order valence-electron chi connectivity index (χ1n) is 4.87. The van der Waals surface area contributed by atoms with Gasteiger partial charge in [-0.15, -0.1) is 0 Å². The molecule has 1 aromatic rings. The maximum absolute atomic E-state index is 12.5. The monoisotopic (exact) mass is 277 g/mol. The van der Waals surface area contributed by atoms with E-state index in [0.29, 0.717) is 11.4 Å². The molecule has 0 radical (unpaired) electrons. The molecule has 0 aromatic heterocycles. The number of hydrogen-bond donors (Lipinski definition) is 1. The van der Waals surface area contributed by atoms with Gasteiger partial charge in [-0.1, -0.05) is 11.6 Å². The van der Waals surface area contributed by atoms with Gasteiger partial charge < -0.3 is 10.1 Å². The predicted molar refractivity (Wildman–Crippen MR) is 59.1 cm³/mol. The van der Waals surface area contributed by atoms with Gasteiger partial charge in [-0.05, 0) is 18.2 Å². The van der Waals surface area contributed by atoms with Gasteiger partial charge in [0.1, 0.15) is 6.61 Å². The van der Waals surface area contributed by atoms with Crippen LogP contribution in [0.3, 0.4) is 0 Å². The number of carbonyl (C=O) groups is 1. The maximum atomic E-state index is 12.5. The second-order valence-corrected chi connectivity index (χ2v) is 4.00. The van der Waals surface area contributed by atoms with Crippen molar-refractivity contribution in [2.75, 3.05) is 11.9 Å². The minimum Gasteiger partial charge on any atom is -0.456 e. The third kappa shape index (κ3) is 2.76. The lowest BCUT2D eigenvalue weighted by atomic mass is 10.2. The molecule has 7 heteroatoms. The largest absolute Gasteiger partial charge is 0.456 e. The minimum atomic E-state index is -4.48. The van der Waals surface area contributed by atoms with Crippen molar-refractivity contribution in [3.05, 3.63) is 40.6 Å². The second kappa shape index (κ2) is 4.53. The van der Waals surface area contributed by atoms with Crippen LogP contribution in [-0.4, -0.2) is 12.6 Å². The molecular weight excluding hydrogens is 271 g/mol. The third-order valence-electron chi connectivity index (χ3n) is 2.24. The van der Waals surface area contributed by atoms with Crippen molar-refractivity contribution in [3.63, 3.8) is 0 Å². The SMILES string of the molecule is O=C1C=C(Nc2ccc(C(F)(F)F)c(Cl)c2)CO1. The number of carbonyl (C=O) groups excluding carboxylic acids is 1. The van der Waals surface area contributed by atoms with Crippen LogP contribution >= 0.6 is 11.6 Å². The van der Waals surface area contributed by atoms with Crippen LogP contribution in [0.5, 0.6) is 0 Å². The summed E-state index contributed by atoms with van der Waals surface area (Å²) in [4.78, 5) is 10.8. The highest BCUT2D eigenvalue weighted by Gasteiger charge is 2.33. The Morgan fingerprint density at radius 1 is 1.33 bits per heavy atom. The van der Waals surface area contributed by atoms with Crippen LogP contribution in [0.1, 0.15) is 5.56 Å². The Balaban J connectivity index is 2.19. The number of hydrogen-bond acceptors (Lipinski definition) is 3. The number of alkyl halides is 3. The summed E-state index contributed by atoms with van der Waals surface area (Å²) in [6, 6.07) is 3.26. The fourth-order valence-corrected chi connectivity index (χ4v) is 1.74. The quantitative estimate of drug-likeness (QED) is 0.844. The van der Waals surface area contributed by atoms with Gasteiger partial charge in [0.2, 0.25) is 0 Å². The highest BCUT2D eigenvalue weighted by Crippen LogP contribution is 2.36. The topological polar surface area (TPSA) is 38.3 Å². The lowest BCUT2D eigenvalue weighted by Gasteiger charge is -2.11. The van der Waals surface area contributed by atoms with Gasteiger partial charge in [-0.25, -0.2) is 4.79 Å². The molecular formula is C11H7ClF3NO2. The molecule has 18 heavy (non-hydrogen) atoms. The second-order valence-electron chi connectivity index (χ2n) is 3.59. The molecule has 1 aliphatic heterocycles. The Bertz CT molecular complexity index is 526. The number of halogens is 4. The Kier molecular flexibility index (Phi) is 3.21. The van der Waals surface area contributed by atoms with E-state index in [2.05, 4.69) is 10.1 Å². The van der Waals surface area contributed by atoms with Crippen LogP contribution in [0.4, 0.5) is 18.9 Å². The number of cyclic esters (lactones) is 1. The van der Waals surface area contributed by atoms with E-state index in [9.17, 15) is 18.0 Å². The van der Waals surface area contributed by atoms with E-state index < -0.39 is 22.7 Å². The minimum absolute atomic E-state index is 0.0669. The van der Waals surface area contributed by atoms with Crippen LogP contribution in [-0.2, 0) is 15.7 Å². The molecule has 1 heterocycles. The summed E-state index contributed by atoms with van der Waals surface area (Å²) in [7, 11) is 0. The zero-order chi connectivity index (χ0) is 13.3. The molecule has 0 spiro atoms. The lowest BCUT2D eigenvalue weighted by molar-refractivity contribution is -0.137. The van der Waals surface area contributed by atoms with Crippen LogP contribution < -0.4 is 5.32 Å². The van der Waals surface area contributed by atoms with Crippen molar-refractivity contribution in [1.29, 1.82) is 0 Å². The molecule has 3 nitrogen and oxygen atoms in total. The summed E-state index contributed by atoms with van der Waals surface area (Å²) in [6.45, 7) is 0.0669. The van der Waals surface area contributed by atoms with E-state index >= 15 is 0 Å². The van der Waals surface area contributed by atoms with Gasteiger partial charge in [0.25, 0.3) is 0 Å². The molecule has 0 atom stereocenters. The Hall–Kier alpha value is -1.69. The molecule has 0 saturated heterocycles. The summed E-state index contributed by atoms with van der Waals surface area (Å²) >= 11 is 5.55. The first kappa shape index (κ1) is 12.8. The Morgan fingerprint density at radius 3 is 2.56 bits per heavy atom. The lowest BCUT2D eigenvalue weighted by Crippen LogP contribution is -2.07. The fourth-order valence-electron chi connectivity index (χ4n) is 1.45. The number of esters is 1. The molecule has 0 fully saturated rings. The molecule has 0 amide bonds. The summed E-state index contributed by atoms with van der Waals surface area (Å²) in [5, 5.41) is 2.35. The van der Waals surface area contributed by atoms with Crippen molar-refractivity contribution in [3.8, 4) is 0 Å². The smallest absolute Gasteiger partial charge is 0.417 e. The van der Waals surface area contributed by atoms with E-state index in [1.807, 2.05) is 0 Å². The maximum Gasteiger partial charge on any atom is 0.417 e. The van der Waals surface area contributed by atoms with Gasteiger partial charge >= 0.3 is 12.1 Å². The van der Waals surface area contributed by atoms with Crippen LogP contribution in [0.2, 0.25) is 5.02 Å². The molecule has 2 rings (SSSR count). The van der Waals surface area contributed by atoms with Crippen molar-refractivity contribution in [2.24, 2.45) is 0 Å². The number of rotatable bonds is 2. The molecule has 0 aliphatic carbocycles. The van der Waals surface area contributed by atoms with Crippen LogP contribution in [0, 0.1) is 0 Å². The van der Waals surface area contributed by atoms with Gasteiger partial charge in [-0.3, -0.25) is 0 Å². The van der Waals surface area contributed by atoms with E-state index in [1.165, 1.54) is 12.1 Å². The van der Waals surface area contributed by atoms with E-state index in [0.717, 1.165) is 12.1 Å². The van der Waals surface area contributed by atoms with Gasteiger partial charge in [-0.2, -0.15) is 13.2 Å². The standard InChI is InChI=1S/C11H7ClF3NO2/c12-9-3-6(1-2-8(9)11(13,14)15)16-7-4-10(17)18-5-7/h1-4,16H,5H2. The van der Waals surface area contributed by atoms with Gasteiger partial charge in [0, 0.05) is 11.8 Å². The van der Waals surface area contributed by atoms with Crippen LogP contribution in [0.25, 0.3) is 0 Å². The van der Waals surface area contributed by atoms with E-state index in [4.69, 9.17) is 11.6 Å². The Morgan fingerprint density at radius 2 is 2.06 bits per heavy atom. The van der Waals surface area contributed by atoms with Crippen molar-refractivity contribution >= 4 is 23.3 Å². The molecule has 0 saturated carbocycles. The number of nitrogens with one attached hydrogen (secondary N) is 1. The average molecular weight is 278 g/mol. The molecule has 0 bridgehead atoms. The number of benzene rings is 1. The highest BCUT2D eigenvalue weighted by molar-refractivity contribution is 6.31. The Labute approximate surface area is 105 Å². The van der Waals surface area contributed by atoms with Gasteiger partial charge in [0.05, 0.1) is 16.3 Å².